The van der Waals surface area contributed by atoms with Gasteiger partial charge in [-0.25, -0.2) is 4.79 Å². The van der Waals surface area contributed by atoms with Gasteiger partial charge in [-0.2, -0.15) is 0 Å². The molecule has 3 aromatic rings. The first-order valence-corrected chi connectivity index (χ1v) is 10.9. The molecule has 10 nitrogen and oxygen atoms in total. The Kier molecular flexibility index (Phi) is 7.48. The van der Waals surface area contributed by atoms with E-state index in [0.29, 0.717) is 24.4 Å². The summed E-state index contributed by atoms with van der Waals surface area (Å²) in [5.74, 6) is 0.575. The van der Waals surface area contributed by atoms with Crippen LogP contribution in [0, 0.1) is 0 Å². The fourth-order valence-corrected chi connectivity index (χ4v) is 3.91. The topological polar surface area (TPSA) is 123 Å². The van der Waals surface area contributed by atoms with Gasteiger partial charge in [0.25, 0.3) is 0 Å². The highest BCUT2D eigenvalue weighted by Crippen LogP contribution is 2.25. The predicted octanol–water partition coefficient (Wildman–Crippen LogP) is 2.47. The number of carbonyl (C=O) groups excluding carboxylic acids is 1. The summed E-state index contributed by atoms with van der Waals surface area (Å²) in [6, 6.07) is 10.3. The van der Waals surface area contributed by atoms with Gasteiger partial charge < -0.3 is 25.2 Å². The number of hydrogen-bond donors (Lipinski definition) is 3. The Morgan fingerprint density at radius 2 is 2.15 bits per heavy atom. The molecule has 1 aromatic carbocycles. The van der Waals surface area contributed by atoms with Crippen molar-refractivity contribution in [2.24, 2.45) is 0 Å². The van der Waals surface area contributed by atoms with Crippen LogP contribution in [0.2, 0.25) is 0 Å². The van der Waals surface area contributed by atoms with Crippen LogP contribution in [0.25, 0.3) is 11.3 Å². The first-order valence-electron chi connectivity index (χ1n) is 10.9. The van der Waals surface area contributed by atoms with Crippen molar-refractivity contribution in [3.8, 4) is 17.0 Å². The predicted molar refractivity (Wildman–Crippen MR) is 122 cm³/mol. The van der Waals surface area contributed by atoms with Gasteiger partial charge in [-0.15, -0.1) is 5.10 Å². The Bertz CT molecular complexity index is 1040. The number of nitrogens with zero attached hydrogens (tertiary/aromatic N) is 4. The second kappa shape index (κ2) is 10.9. The Labute approximate surface area is 191 Å². The second-order valence-electron chi connectivity index (χ2n) is 7.86. The third-order valence-corrected chi connectivity index (χ3v) is 5.64. The van der Waals surface area contributed by atoms with Gasteiger partial charge >= 0.3 is 6.03 Å². The number of amides is 2. The largest absolute Gasteiger partial charge is 0.495 e. The Hall–Kier alpha value is -3.50. The van der Waals surface area contributed by atoms with Crippen LogP contribution in [0.1, 0.15) is 19.3 Å². The van der Waals surface area contributed by atoms with Crippen LogP contribution < -0.4 is 15.4 Å². The molecule has 1 aliphatic rings. The third-order valence-electron chi connectivity index (χ3n) is 5.64. The molecule has 0 spiro atoms. The normalized spacial score (nSPS) is 20.2. The number of aliphatic hydroxyl groups is 1. The zero-order valence-electron chi connectivity index (χ0n) is 18.4. The molecule has 1 saturated heterocycles. The lowest BCUT2D eigenvalue weighted by molar-refractivity contribution is -0.0905. The average molecular weight is 453 g/mol. The van der Waals surface area contributed by atoms with Crippen LogP contribution in [0.15, 0.2) is 55.0 Å². The van der Waals surface area contributed by atoms with Gasteiger partial charge in [0.15, 0.2) is 0 Å². The van der Waals surface area contributed by atoms with Gasteiger partial charge in [0.05, 0.1) is 37.7 Å². The molecule has 2 aromatic heterocycles. The van der Waals surface area contributed by atoms with Crippen molar-refractivity contribution in [1.29, 1.82) is 0 Å². The van der Waals surface area contributed by atoms with Gasteiger partial charge in [0, 0.05) is 24.5 Å². The first kappa shape index (κ1) is 22.7. The molecule has 1 aliphatic heterocycles. The molecule has 0 saturated carbocycles. The molecule has 10 heteroatoms. The summed E-state index contributed by atoms with van der Waals surface area (Å²) in [6.45, 7) is 0.465. The minimum absolute atomic E-state index is 0.0384. The third kappa shape index (κ3) is 5.85. The van der Waals surface area contributed by atoms with Crippen molar-refractivity contribution < 1.29 is 19.4 Å². The van der Waals surface area contributed by atoms with E-state index in [1.165, 1.54) is 0 Å². The van der Waals surface area contributed by atoms with Gasteiger partial charge in [0.2, 0.25) is 0 Å². The highest BCUT2D eigenvalue weighted by molar-refractivity contribution is 5.91. The average Bonchev–Trinajstić information content (AvgIpc) is 3.33. The molecule has 4 rings (SSSR count). The van der Waals surface area contributed by atoms with E-state index in [1.807, 2.05) is 30.5 Å². The number of carbonyl (C=O) groups is 1. The fraction of sp³-hybridized carbons (Fsp3) is 0.391. The van der Waals surface area contributed by atoms with Gasteiger partial charge in [-0.05, 0) is 43.5 Å². The molecule has 174 valence electrons. The number of aromatic nitrogens is 4. The van der Waals surface area contributed by atoms with Crippen LogP contribution in [-0.2, 0) is 11.3 Å². The van der Waals surface area contributed by atoms with E-state index in [1.54, 1.807) is 36.3 Å². The number of pyridine rings is 1. The summed E-state index contributed by atoms with van der Waals surface area (Å²) < 4.78 is 13.1. The number of nitrogens with one attached hydrogen (secondary N) is 2. The number of hydrogen-bond acceptors (Lipinski definition) is 7. The van der Waals surface area contributed by atoms with Crippen molar-refractivity contribution in [2.45, 2.75) is 44.1 Å². The summed E-state index contributed by atoms with van der Waals surface area (Å²) in [5, 5.41) is 23.9. The molecule has 3 heterocycles. The number of ether oxygens (including phenoxy) is 2. The molecule has 0 unspecified atom stereocenters. The molecule has 0 radical (unpaired) electrons. The summed E-state index contributed by atoms with van der Waals surface area (Å²) in [5.41, 5.74) is 2.26. The van der Waals surface area contributed by atoms with Crippen LogP contribution in [0.4, 0.5) is 10.5 Å². The molecular weight excluding hydrogens is 424 g/mol. The van der Waals surface area contributed by atoms with Crippen LogP contribution in [0.3, 0.4) is 0 Å². The first-order chi connectivity index (χ1) is 16.2. The maximum atomic E-state index is 12.5. The Morgan fingerprint density at radius 1 is 1.27 bits per heavy atom. The van der Waals surface area contributed by atoms with Gasteiger partial charge in [-0.3, -0.25) is 9.67 Å². The van der Waals surface area contributed by atoms with Crippen molar-refractivity contribution in [3.05, 3.63) is 55.0 Å². The highest BCUT2D eigenvalue weighted by Gasteiger charge is 2.32. The molecule has 1 fully saturated rings. The van der Waals surface area contributed by atoms with Gasteiger partial charge in [0.1, 0.15) is 17.5 Å². The van der Waals surface area contributed by atoms with E-state index in [2.05, 4.69) is 25.9 Å². The minimum Gasteiger partial charge on any atom is -0.495 e. The van der Waals surface area contributed by atoms with Crippen molar-refractivity contribution in [3.63, 3.8) is 0 Å². The molecule has 3 N–H and O–H groups in total. The number of methoxy groups -OCH3 is 1. The molecule has 0 aliphatic carbocycles. The summed E-state index contributed by atoms with van der Waals surface area (Å²) in [4.78, 5) is 16.6. The molecule has 0 bridgehead atoms. The lowest BCUT2D eigenvalue weighted by Gasteiger charge is -2.36. The quantitative estimate of drug-likeness (QED) is 0.480. The van der Waals surface area contributed by atoms with Crippen molar-refractivity contribution in [2.75, 3.05) is 19.0 Å². The fourth-order valence-electron chi connectivity index (χ4n) is 3.91. The van der Waals surface area contributed by atoms with Crippen LogP contribution in [-0.4, -0.2) is 63.1 Å². The monoisotopic (exact) mass is 452 g/mol. The molecular formula is C23H28N6O4. The zero-order chi connectivity index (χ0) is 23.0. The maximum Gasteiger partial charge on any atom is 0.319 e. The van der Waals surface area contributed by atoms with E-state index in [4.69, 9.17) is 9.47 Å². The smallest absolute Gasteiger partial charge is 0.319 e. The van der Waals surface area contributed by atoms with E-state index < -0.39 is 6.10 Å². The molecule has 2 amide bonds. The number of urea groups is 1. The summed E-state index contributed by atoms with van der Waals surface area (Å²) in [7, 11) is 1.55. The SMILES string of the molecule is COc1ccccc1NC(=O)N[C@@H]1CC[C@H](CCn2cc(-c3cccnc3)nn2)O[C@@H]1CO. The Morgan fingerprint density at radius 3 is 2.94 bits per heavy atom. The van der Waals surface area contributed by atoms with Crippen LogP contribution in [0.5, 0.6) is 5.75 Å². The Balaban J connectivity index is 1.27. The maximum absolute atomic E-state index is 12.5. The summed E-state index contributed by atoms with van der Waals surface area (Å²) >= 11 is 0. The highest BCUT2D eigenvalue weighted by atomic mass is 16.5. The number of benzene rings is 1. The molecule has 33 heavy (non-hydrogen) atoms. The zero-order valence-corrected chi connectivity index (χ0v) is 18.4. The number of aliphatic hydroxyl groups excluding tert-OH is 1. The van der Waals surface area contributed by atoms with Crippen molar-refractivity contribution >= 4 is 11.7 Å². The van der Waals surface area contributed by atoms with E-state index >= 15 is 0 Å². The van der Waals surface area contributed by atoms with Crippen molar-refractivity contribution in [1.82, 2.24) is 25.3 Å². The number of rotatable bonds is 8. The minimum atomic E-state index is -0.478. The van der Waals surface area contributed by atoms with E-state index in [9.17, 15) is 9.90 Å². The van der Waals surface area contributed by atoms with E-state index in [-0.39, 0.29) is 24.8 Å². The summed E-state index contributed by atoms with van der Waals surface area (Å²) in [6.07, 6.45) is 7.03. The number of anilines is 1. The number of para-hydroxylation sites is 2. The van der Waals surface area contributed by atoms with Gasteiger partial charge in [-0.1, -0.05) is 17.3 Å². The van der Waals surface area contributed by atoms with E-state index in [0.717, 1.165) is 24.1 Å². The lowest BCUT2D eigenvalue weighted by Crippen LogP contribution is -2.52. The van der Waals surface area contributed by atoms with Crippen LogP contribution >= 0.6 is 0 Å². The molecule has 3 atom stereocenters. The second-order valence-corrected chi connectivity index (χ2v) is 7.86. The standard InChI is InChI=1S/C23H28N6O4/c1-32-21-7-3-2-6-18(21)25-23(31)26-19-9-8-17(33-22(19)15-30)10-12-29-14-20(27-28-29)16-5-4-11-24-13-16/h2-7,11,13-14,17,19,22,30H,8-10,12,15H2,1H3,(H2,25,26,31)/t17-,19-,22-/m1/s1. The number of aryl methyl sites for hydroxylation is 1. The lowest BCUT2D eigenvalue weighted by atomic mass is 9.97.